The molecule has 0 bridgehead atoms. The number of benzene rings is 1. The third-order valence-corrected chi connectivity index (χ3v) is 2.90. The molecule has 0 aliphatic carbocycles. The molecule has 1 atom stereocenters. The van der Waals surface area contributed by atoms with Crippen molar-refractivity contribution in [2.24, 2.45) is 0 Å². The lowest BCUT2D eigenvalue weighted by Crippen LogP contribution is -2.02. The number of epoxide rings is 1. The van der Waals surface area contributed by atoms with Crippen LogP contribution in [0.4, 0.5) is 0 Å². The Labute approximate surface area is 103 Å². The summed E-state index contributed by atoms with van der Waals surface area (Å²) in [6.45, 7) is 6.28. The lowest BCUT2D eigenvalue weighted by atomic mass is 10.1. The summed E-state index contributed by atoms with van der Waals surface area (Å²) in [5.41, 5.74) is 2.58. The highest BCUT2D eigenvalue weighted by atomic mass is 16.6. The first-order valence-corrected chi connectivity index (χ1v) is 6.29. The van der Waals surface area contributed by atoms with Crippen LogP contribution in [0, 0.1) is 0 Å². The first-order chi connectivity index (χ1) is 8.38. The highest BCUT2D eigenvalue weighted by Gasteiger charge is 2.21. The predicted molar refractivity (Wildman–Crippen MR) is 70.0 cm³/mol. The van der Waals surface area contributed by atoms with E-state index >= 15 is 0 Å². The second-order valence-electron chi connectivity index (χ2n) is 4.44. The van der Waals surface area contributed by atoms with Gasteiger partial charge in [-0.1, -0.05) is 36.9 Å². The van der Waals surface area contributed by atoms with Crippen molar-refractivity contribution >= 4 is 6.08 Å². The van der Waals surface area contributed by atoms with Gasteiger partial charge in [-0.25, -0.2) is 0 Å². The SMILES string of the molecule is C=Cc1cccc(CCCCOCC2CO2)c1. The van der Waals surface area contributed by atoms with Crippen molar-refractivity contribution in [3.8, 4) is 0 Å². The highest BCUT2D eigenvalue weighted by molar-refractivity contribution is 5.47. The molecule has 0 saturated carbocycles. The zero-order chi connectivity index (χ0) is 11.9. The smallest absolute Gasteiger partial charge is 0.104 e. The number of hydrogen-bond acceptors (Lipinski definition) is 2. The summed E-state index contributed by atoms with van der Waals surface area (Å²) < 4.78 is 10.6. The predicted octanol–water partition coefficient (Wildman–Crippen LogP) is 3.07. The van der Waals surface area contributed by atoms with Crippen LogP contribution in [0.1, 0.15) is 24.0 Å². The van der Waals surface area contributed by atoms with E-state index in [1.165, 1.54) is 17.5 Å². The van der Waals surface area contributed by atoms with E-state index in [-0.39, 0.29) is 0 Å². The lowest BCUT2D eigenvalue weighted by molar-refractivity contribution is 0.113. The van der Waals surface area contributed by atoms with Crippen LogP contribution in [0.15, 0.2) is 30.8 Å². The normalized spacial score (nSPS) is 18.0. The van der Waals surface area contributed by atoms with Crippen molar-refractivity contribution in [1.82, 2.24) is 0 Å². The molecule has 0 aromatic heterocycles. The fraction of sp³-hybridized carbons (Fsp3) is 0.467. The molecule has 2 rings (SSSR count). The molecular weight excluding hydrogens is 212 g/mol. The molecule has 1 aromatic carbocycles. The molecule has 1 fully saturated rings. The van der Waals surface area contributed by atoms with Crippen molar-refractivity contribution in [2.75, 3.05) is 19.8 Å². The number of hydrogen-bond donors (Lipinski definition) is 0. The summed E-state index contributed by atoms with van der Waals surface area (Å²) in [5.74, 6) is 0. The van der Waals surface area contributed by atoms with E-state index in [9.17, 15) is 0 Å². The van der Waals surface area contributed by atoms with Crippen LogP contribution >= 0.6 is 0 Å². The Morgan fingerprint density at radius 3 is 3.06 bits per heavy atom. The standard InChI is InChI=1S/C15H20O2/c1-2-13-7-5-8-14(10-13)6-3-4-9-16-11-15-12-17-15/h2,5,7-8,10,15H,1,3-4,6,9,11-12H2. The number of rotatable bonds is 8. The van der Waals surface area contributed by atoms with Crippen molar-refractivity contribution < 1.29 is 9.47 Å². The van der Waals surface area contributed by atoms with E-state index in [1.54, 1.807) is 0 Å². The fourth-order valence-electron chi connectivity index (χ4n) is 1.79. The summed E-state index contributed by atoms with van der Waals surface area (Å²) >= 11 is 0. The number of unbranched alkanes of at least 4 members (excludes halogenated alkanes) is 1. The summed E-state index contributed by atoms with van der Waals surface area (Å²) in [6.07, 6.45) is 5.68. The molecule has 92 valence electrons. The zero-order valence-electron chi connectivity index (χ0n) is 10.2. The Balaban J connectivity index is 1.58. The van der Waals surface area contributed by atoms with Gasteiger partial charge in [-0.2, -0.15) is 0 Å². The minimum Gasteiger partial charge on any atom is -0.379 e. The van der Waals surface area contributed by atoms with Gasteiger partial charge in [0, 0.05) is 6.61 Å². The van der Waals surface area contributed by atoms with E-state index in [0.717, 1.165) is 32.7 Å². The molecule has 17 heavy (non-hydrogen) atoms. The Kier molecular flexibility index (Phi) is 4.77. The van der Waals surface area contributed by atoms with Crippen LogP contribution in [-0.2, 0) is 15.9 Å². The average molecular weight is 232 g/mol. The molecule has 2 heteroatoms. The molecule has 0 amide bonds. The fourth-order valence-corrected chi connectivity index (χ4v) is 1.79. The summed E-state index contributed by atoms with van der Waals surface area (Å²) in [4.78, 5) is 0. The molecule has 1 aliphatic heterocycles. The van der Waals surface area contributed by atoms with Crippen LogP contribution in [0.2, 0.25) is 0 Å². The Hall–Kier alpha value is -1.12. The second kappa shape index (κ2) is 6.58. The highest BCUT2D eigenvalue weighted by Crippen LogP contribution is 2.11. The van der Waals surface area contributed by atoms with E-state index < -0.39 is 0 Å². The van der Waals surface area contributed by atoms with Crippen molar-refractivity contribution in [3.05, 3.63) is 42.0 Å². The molecule has 0 spiro atoms. The van der Waals surface area contributed by atoms with Crippen LogP contribution in [0.3, 0.4) is 0 Å². The first kappa shape index (κ1) is 12.3. The van der Waals surface area contributed by atoms with Crippen molar-refractivity contribution in [2.45, 2.75) is 25.4 Å². The molecule has 1 aliphatic rings. The Morgan fingerprint density at radius 2 is 2.29 bits per heavy atom. The number of aryl methyl sites for hydroxylation is 1. The van der Waals surface area contributed by atoms with Crippen molar-refractivity contribution in [3.63, 3.8) is 0 Å². The maximum Gasteiger partial charge on any atom is 0.104 e. The van der Waals surface area contributed by atoms with E-state index in [0.29, 0.717) is 6.10 Å². The van der Waals surface area contributed by atoms with Gasteiger partial charge in [0.1, 0.15) is 6.10 Å². The Morgan fingerprint density at radius 1 is 1.41 bits per heavy atom. The van der Waals surface area contributed by atoms with Crippen molar-refractivity contribution in [1.29, 1.82) is 0 Å². The summed E-state index contributed by atoms with van der Waals surface area (Å²) in [5, 5.41) is 0. The average Bonchev–Trinajstić information content (AvgIpc) is 3.18. The molecule has 2 nitrogen and oxygen atoms in total. The van der Waals surface area contributed by atoms with Gasteiger partial charge in [0.15, 0.2) is 0 Å². The summed E-state index contributed by atoms with van der Waals surface area (Å²) in [7, 11) is 0. The molecule has 1 heterocycles. The molecule has 0 radical (unpaired) electrons. The maximum atomic E-state index is 5.50. The molecule has 1 saturated heterocycles. The van der Waals surface area contributed by atoms with E-state index in [1.807, 2.05) is 6.08 Å². The van der Waals surface area contributed by atoms with Crippen LogP contribution < -0.4 is 0 Å². The largest absolute Gasteiger partial charge is 0.379 e. The monoisotopic (exact) mass is 232 g/mol. The van der Waals surface area contributed by atoms with Gasteiger partial charge in [0.2, 0.25) is 0 Å². The lowest BCUT2D eigenvalue weighted by Gasteiger charge is -2.04. The molecule has 0 N–H and O–H groups in total. The Bertz CT molecular complexity index is 356. The number of ether oxygens (including phenoxy) is 2. The minimum absolute atomic E-state index is 0.388. The van der Waals surface area contributed by atoms with Gasteiger partial charge in [-0.15, -0.1) is 0 Å². The van der Waals surface area contributed by atoms with Gasteiger partial charge in [-0.3, -0.25) is 0 Å². The van der Waals surface area contributed by atoms with Gasteiger partial charge in [-0.05, 0) is 30.4 Å². The van der Waals surface area contributed by atoms with Crippen LogP contribution in [0.25, 0.3) is 6.08 Å². The quantitative estimate of drug-likeness (QED) is 0.507. The second-order valence-corrected chi connectivity index (χ2v) is 4.44. The molecule has 1 aromatic rings. The minimum atomic E-state index is 0.388. The molecular formula is C15H20O2. The first-order valence-electron chi connectivity index (χ1n) is 6.29. The van der Waals surface area contributed by atoms with Gasteiger partial charge < -0.3 is 9.47 Å². The topological polar surface area (TPSA) is 21.8 Å². The van der Waals surface area contributed by atoms with Gasteiger partial charge >= 0.3 is 0 Å². The third-order valence-electron chi connectivity index (χ3n) is 2.90. The van der Waals surface area contributed by atoms with Crippen LogP contribution in [0.5, 0.6) is 0 Å². The van der Waals surface area contributed by atoms with Gasteiger partial charge in [0.05, 0.1) is 13.2 Å². The van der Waals surface area contributed by atoms with E-state index in [2.05, 4.69) is 30.8 Å². The summed E-state index contributed by atoms with van der Waals surface area (Å²) in [6, 6.07) is 8.54. The van der Waals surface area contributed by atoms with Crippen LogP contribution in [-0.4, -0.2) is 25.9 Å². The maximum absolute atomic E-state index is 5.50. The van der Waals surface area contributed by atoms with E-state index in [4.69, 9.17) is 9.47 Å². The molecule has 1 unspecified atom stereocenters. The zero-order valence-corrected chi connectivity index (χ0v) is 10.2. The third kappa shape index (κ3) is 4.72. The van der Waals surface area contributed by atoms with Gasteiger partial charge in [0.25, 0.3) is 0 Å².